The van der Waals surface area contributed by atoms with Crippen LogP contribution in [0, 0.1) is 5.82 Å². The summed E-state index contributed by atoms with van der Waals surface area (Å²) >= 11 is 3.54. The lowest BCUT2D eigenvalue weighted by Crippen LogP contribution is -2.25. The molecule has 1 atom stereocenters. The molecule has 0 saturated carbocycles. The van der Waals surface area contributed by atoms with Crippen LogP contribution in [0.5, 0.6) is 5.75 Å². The standard InChI is InChI=1S/C17H17BrFNO/c18-14-8-12-5-6-21-17(12)13(9-14)10-16(20)7-11-1-3-15(19)4-2-11/h1-4,8-9,16H,5-7,10,20H2. The van der Waals surface area contributed by atoms with Crippen molar-refractivity contribution in [1.29, 1.82) is 0 Å². The molecule has 1 aliphatic rings. The van der Waals surface area contributed by atoms with Gasteiger partial charge in [0.2, 0.25) is 0 Å². The van der Waals surface area contributed by atoms with E-state index in [1.807, 2.05) is 0 Å². The summed E-state index contributed by atoms with van der Waals surface area (Å²) in [5.41, 5.74) is 9.70. The monoisotopic (exact) mass is 349 g/mol. The van der Waals surface area contributed by atoms with Gasteiger partial charge in [-0.25, -0.2) is 4.39 Å². The van der Waals surface area contributed by atoms with Crippen molar-refractivity contribution >= 4 is 15.9 Å². The van der Waals surface area contributed by atoms with Gasteiger partial charge >= 0.3 is 0 Å². The third kappa shape index (κ3) is 3.44. The first-order valence-electron chi connectivity index (χ1n) is 7.06. The van der Waals surface area contributed by atoms with Gasteiger partial charge in [0.05, 0.1) is 6.61 Å². The molecule has 0 spiro atoms. The number of benzene rings is 2. The van der Waals surface area contributed by atoms with Crippen LogP contribution in [0.25, 0.3) is 0 Å². The molecule has 1 aliphatic heterocycles. The van der Waals surface area contributed by atoms with Gasteiger partial charge in [0.15, 0.2) is 0 Å². The largest absolute Gasteiger partial charge is 0.493 e. The lowest BCUT2D eigenvalue weighted by Gasteiger charge is -2.15. The van der Waals surface area contributed by atoms with Crippen LogP contribution in [-0.4, -0.2) is 12.6 Å². The Bertz CT molecular complexity index is 642. The Hall–Kier alpha value is -1.39. The molecule has 0 bridgehead atoms. The van der Waals surface area contributed by atoms with Crippen LogP contribution >= 0.6 is 15.9 Å². The number of nitrogens with two attached hydrogens (primary N) is 1. The third-order valence-corrected chi connectivity index (χ3v) is 4.18. The van der Waals surface area contributed by atoms with Crippen LogP contribution in [0.3, 0.4) is 0 Å². The lowest BCUT2D eigenvalue weighted by atomic mass is 9.97. The summed E-state index contributed by atoms with van der Waals surface area (Å²) in [6, 6.07) is 10.7. The second-order valence-electron chi connectivity index (χ2n) is 5.45. The predicted molar refractivity (Wildman–Crippen MR) is 85.1 cm³/mol. The third-order valence-electron chi connectivity index (χ3n) is 3.72. The first-order valence-corrected chi connectivity index (χ1v) is 7.85. The molecule has 2 aromatic carbocycles. The first kappa shape index (κ1) is 14.5. The summed E-state index contributed by atoms with van der Waals surface area (Å²) in [7, 11) is 0. The maximum absolute atomic E-state index is 12.9. The topological polar surface area (TPSA) is 35.2 Å². The van der Waals surface area contributed by atoms with Gasteiger partial charge in [-0.2, -0.15) is 0 Å². The van der Waals surface area contributed by atoms with Gasteiger partial charge in [-0.3, -0.25) is 0 Å². The van der Waals surface area contributed by atoms with Gasteiger partial charge in [-0.05, 0) is 53.8 Å². The molecule has 110 valence electrons. The molecule has 0 saturated heterocycles. The highest BCUT2D eigenvalue weighted by molar-refractivity contribution is 9.10. The van der Waals surface area contributed by atoms with Crippen molar-refractivity contribution in [2.75, 3.05) is 6.61 Å². The number of halogens is 2. The minimum Gasteiger partial charge on any atom is -0.493 e. The molecular weight excluding hydrogens is 333 g/mol. The molecular formula is C17H17BrFNO. The molecule has 4 heteroatoms. The molecule has 21 heavy (non-hydrogen) atoms. The molecule has 2 nitrogen and oxygen atoms in total. The Morgan fingerprint density at radius 1 is 1.19 bits per heavy atom. The van der Waals surface area contributed by atoms with Crippen molar-refractivity contribution in [1.82, 2.24) is 0 Å². The van der Waals surface area contributed by atoms with E-state index in [9.17, 15) is 4.39 Å². The Labute approximate surface area is 132 Å². The predicted octanol–water partition coefficient (Wildman–Crippen LogP) is 3.64. The maximum Gasteiger partial charge on any atom is 0.125 e. The number of rotatable bonds is 4. The molecule has 2 aromatic rings. The van der Waals surface area contributed by atoms with Gasteiger partial charge < -0.3 is 10.5 Å². The molecule has 0 aromatic heterocycles. The Balaban J connectivity index is 1.73. The van der Waals surface area contributed by atoms with Crippen LogP contribution in [0.2, 0.25) is 0 Å². The zero-order valence-corrected chi connectivity index (χ0v) is 13.2. The number of ether oxygens (including phenoxy) is 1. The van der Waals surface area contributed by atoms with Crippen LogP contribution in [-0.2, 0) is 19.3 Å². The van der Waals surface area contributed by atoms with Crippen molar-refractivity contribution in [2.24, 2.45) is 5.73 Å². The maximum atomic E-state index is 12.9. The zero-order chi connectivity index (χ0) is 14.8. The first-order chi connectivity index (χ1) is 10.1. The summed E-state index contributed by atoms with van der Waals surface area (Å²) in [4.78, 5) is 0. The highest BCUT2D eigenvalue weighted by atomic mass is 79.9. The molecule has 3 rings (SSSR count). The van der Waals surface area contributed by atoms with Crippen LogP contribution in [0.4, 0.5) is 4.39 Å². The Morgan fingerprint density at radius 2 is 1.95 bits per heavy atom. The van der Waals surface area contributed by atoms with Crippen molar-refractivity contribution in [3.05, 3.63) is 63.4 Å². The summed E-state index contributed by atoms with van der Waals surface area (Å²) in [5.74, 6) is 0.776. The number of hydrogen-bond acceptors (Lipinski definition) is 2. The van der Waals surface area contributed by atoms with Crippen molar-refractivity contribution in [2.45, 2.75) is 25.3 Å². The molecule has 0 aliphatic carbocycles. The smallest absolute Gasteiger partial charge is 0.125 e. The van der Waals surface area contributed by atoms with E-state index in [0.29, 0.717) is 0 Å². The highest BCUT2D eigenvalue weighted by Gasteiger charge is 2.19. The molecule has 0 radical (unpaired) electrons. The lowest BCUT2D eigenvalue weighted by molar-refractivity contribution is 0.352. The van der Waals surface area contributed by atoms with E-state index in [-0.39, 0.29) is 11.9 Å². The highest BCUT2D eigenvalue weighted by Crippen LogP contribution is 2.33. The van der Waals surface area contributed by atoms with Gasteiger partial charge in [0, 0.05) is 16.9 Å². The fourth-order valence-electron chi connectivity index (χ4n) is 2.78. The minimum atomic E-state index is -0.217. The minimum absolute atomic E-state index is 0.0157. The fourth-order valence-corrected chi connectivity index (χ4v) is 3.33. The van der Waals surface area contributed by atoms with E-state index < -0.39 is 0 Å². The van der Waals surface area contributed by atoms with Crippen LogP contribution < -0.4 is 10.5 Å². The normalized spacial score (nSPS) is 14.6. The van der Waals surface area contributed by atoms with Crippen molar-refractivity contribution in [3.63, 3.8) is 0 Å². The van der Waals surface area contributed by atoms with Gasteiger partial charge in [0.1, 0.15) is 11.6 Å². The van der Waals surface area contributed by atoms with Gasteiger partial charge in [-0.15, -0.1) is 0 Å². The van der Waals surface area contributed by atoms with Crippen LogP contribution in [0.15, 0.2) is 40.9 Å². The number of fused-ring (bicyclic) bond motifs is 1. The molecule has 1 heterocycles. The summed E-state index contributed by atoms with van der Waals surface area (Å²) < 4.78 is 19.7. The molecule has 2 N–H and O–H groups in total. The zero-order valence-electron chi connectivity index (χ0n) is 11.6. The summed E-state index contributed by atoms with van der Waals surface area (Å²) in [5, 5.41) is 0. The van der Waals surface area contributed by atoms with E-state index in [2.05, 4.69) is 28.1 Å². The average Bonchev–Trinajstić information content (AvgIpc) is 2.89. The Morgan fingerprint density at radius 3 is 2.71 bits per heavy atom. The fraction of sp³-hybridized carbons (Fsp3) is 0.294. The van der Waals surface area contributed by atoms with E-state index in [1.54, 1.807) is 12.1 Å². The van der Waals surface area contributed by atoms with Crippen LogP contribution in [0.1, 0.15) is 16.7 Å². The molecule has 0 fully saturated rings. The van der Waals surface area contributed by atoms with E-state index in [0.717, 1.165) is 47.2 Å². The SMILES string of the molecule is NC(Cc1ccc(F)cc1)Cc1cc(Br)cc2c1OCC2. The van der Waals surface area contributed by atoms with Crippen molar-refractivity contribution in [3.8, 4) is 5.75 Å². The Kier molecular flexibility index (Phi) is 4.27. The molecule has 0 amide bonds. The summed E-state index contributed by atoms with van der Waals surface area (Å²) in [6.45, 7) is 0.742. The van der Waals surface area contributed by atoms with Crippen molar-refractivity contribution < 1.29 is 9.13 Å². The van der Waals surface area contributed by atoms with E-state index >= 15 is 0 Å². The average molecular weight is 350 g/mol. The van der Waals surface area contributed by atoms with E-state index in [4.69, 9.17) is 10.5 Å². The van der Waals surface area contributed by atoms with Gasteiger partial charge in [0.25, 0.3) is 0 Å². The number of hydrogen-bond donors (Lipinski definition) is 1. The quantitative estimate of drug-likeness (QED) is 0.914. The molecule has 1 unspecified atom stereocenters. The second-order valence-corrected chi connectivity index (χ2v) is 6.36. The summed E-state index contributed by atoms with van der Waals surface area (Å²) in [6.07, 6.45) is 2.43. The van der Waals surface area contributed by atoms with Gasteiger partial charge in [-0.1, -0.05) is 28.1 Å². The second kappa shape index (κ2) is 6.16. The van der Waals surface area contributed by atoms with E-state index in [1.165, 1.54) is 17.7 Å².